The molecule has 0 saturated carbocycles. The van der Waals surface area contributed by atoms with Gasteiger partial charge in [-0.3, -0.25) is 4.79 Å². The molecule has 2 nitrogen and oxygen atoms in total. The lowest BCUT2D eigenvalue weighted by atomic mass is 9.92. The second-order valence-electron chi connectivity index (χ2n) is 4.62. The minimum atomic E-state index is -0.000648. The van der Waals surface area contributed by atoms with Crippen LogP contribution in [0.3, 0.4) is 0 Å². The van der Waals surface area contributed by atoms with Crippen molar-refractivity contribution in [2.24, 2.45) is 0 Å². The zero-order valence-corrected chi connectivity index (χ0v) is 10.6. The molecule has 92 valence electrons. The molecular formula is C16H16O2. The van der Waals surface area contributed by atoms with Crippen LogP contribution in [0.2, 0.25) is 0 Å². The molecule has 0 atom stereocenters. The Kier molecular flexibility index (Phi) is 3.47. The van der Waals surface area contributed by atoms with Gasteiger partial charge in [0.1, 0.15) is 5.75 Å². The number of hydrogen-bond acceptors (Lipinski definition) is 2. The van der Waals surface area contributed by atoms with E-state index in [1.165, 1.54) is 12.1 Å². The van der Waals surface area contributed by atoms with E-state index in [-0.39, 0.29) is 11.5 Å². The number of phenolic OH excluding ortho intramolecular Hbond substituents is 1. The van der Waals surface area contributed by atoms with Crippen LogP contribution in [0.15, 0.2) is 48.5 Å². The Morgan fingerprint density at radius 3 is 2.22 bits per heavy atom. The van der Waals surface area contributed by atoms with E-state index in [1.807, 2.05) is 24.3 Å². The largest absolute Gasteiger partial charge is 0.508 e. The molecule has 0 aliphatic heterocycles. The monoisotopic (exact) mass is 240 g/mol. The summed E-state index contributed by atoms with van der Waals surface area (Å²) in [6, 6.07) is 14.0. The van der Waals surface area contributed by atoms with Crippen LogP contribution in [-0.4, -0.2) is 10.9 Å². The molecule has 0 aromatic heterocycles. The topological polar surface area (TPSA) is 37.3 Å². The Labute approximate surface area is 107 Å². The average Bonchev–Trinajstić information content (AvgIpc) is 2.39. The molecule has 0 unspecified atom stereocenters. The number of benzene rings is 2. The molecule has 0 aliphatic carbocycles. The third-order valence-electron chi connectivity index (χ3n) is 2.96. The molecule has 0 radical (unpaired) electrons. The van der Waals surface area contributed by atoms with E-state index in [9.17, 15) is 9.90 Å². The van der Waals surface area contributed by atoms with Crippen LogP contribution in [-0.2, 0) is 0 Å². The molecule has 0 fully saturated rings. The van der Waals surface area contributed by atoms with Gasteiger partial charge in [0.2, 0.25) is 0 Å². The second kappa shape index (κ2) is 5.05. The summed E-state index contributed by atoms with van der Waals surface area (Å²) in [7, 11) is 0. The Balaban J connectivity index is 2.43. The zero-order valence-electron chi connectivity index (χ0n) is 10.6. The molecule has 1 N–H and O–H groups in total. The van der Waals surface area contributed by atoms with Crippen LogP contribution in [0.5, 0.6) is 5.75 Å². The molecule has 0 heterocycles. The lowest BCUT2D eigenvalue weighted by molar-refractivity contribution is 0.103. The Morgan fingerprint density at radius 1 is 1.00 bits per heavy atom. The van der Waals surface area contributed by atoms with Crippen molar-refractivity contribution in [3.63, 3.8) is 0 Å². The standard InChI is InChI=1S/C16H16O2/c1-11(2)14-5-3-4-6-15(14)16(18)12-7-9-13(17)10-8-12/h3-11,17H,1-2H3. The van der Waals surface area contributed by atoms with E-state index in [0.717, 1.165) is 11.1 Å². The van der Waals surface area contributed by atoms with Crippen LogP contribution in [0, 0.1) is 0 Å². The van der Waals surface area contributed by atoms with Crippen LogP contribution in [0.25, 0.3) is 0 Å². The van der Waals surface area contributed by atoms with Gasteiger partial charge < -0.3 is 5.11 Å². The molecule has 2 heteroatoms. The highest BCUT2D eigenvalue weighted by atomic mass is 16.3. The van der Waals surface area contributed by atoms with Crippen molar-refractivity contribution < 1.29 is 9.90 Å². The smallest absolute Gasteiger partial charge is 0.193 e. The van der Waals surface area contributed by atoms with E-state index in [1.54, 1.807) is 12.1 Å². The fraction of sp³-hybridized carbons (Fsp3) is 0.188. The number of hydrogen-bond donors (Lipinski definition) is 1. The van der Waals surface area contributed by atoms with Crippen LogP contribution >= 0.6 is 0 Å². The molecule has 0 amide bonds. The summed E-state index contributed by atoms with van der Waals surface area (Å²) in [5, 5.41) is 9.24. The molecule has 2 aromatic carbocycles. The Bertz CT molecular complexity index is 554. The van der Waals surface area contributed by atoms with E-state index in [4.69, 9.17) is 0 Å². The van der Waals surface area contributed by atoms with Crippen molar-refractivity contribution in [1.29, 1.82) is 0 Å². The molecule has 0 bridgehead atoms. The predicted molar refractivity (Wildman–Crippen MR) is 72.1 cm³/mol. The third kappa shape index (κ3) is 2.43. The summed E-state index contributed by atoms with van der Waals surface area (Å²) in [5.74, 6) is 0.477. The molecule has 2 aromatic rings. The van der Waals surface area contributed by atoms with Gasteiger partial charge in [0.05, 0.1) is 0 Å². The molecule has 0 spiro atoms. The molecule has 2 rings (SSSR count). The second-order valence-corrected chi connectivity index (χ2v) is 4.62. The molecule has 0 saturated heterocycles. The lowest BCUT2D eigenvalue weighted by Gasteiger charge is -2.11. The third-order valence-corrected chi connectivity index (χ3v) is 2.96. The van der Waals surface area contributed by atoms with Gasteiger partial charge in [0, 0.05) is 11.1 Å². The van der Waals surface area contributed by atoms with Gasteiger partial charge in [-0.05, 0) is 35.7 Å². The average molecular weight is 240 g/mol. The van der Waals surface area contributed by atoms with Gasteiger partial charge in [-0.15, -0.1) is 0 Å². The summed E-state index contributed by atoms with van der Waals surface area (Å²) in [6.45, 7) is 4.14. The number of carbonyl (C=O) groups excluding carboxylic acids is 1. The van der Waals surface area contributed by atoms with Crippen molar-refractivity contribution in [3.05, 3.63) is 65.2 Å². The van der Waals surface area contributed by atoms with Crippen molar-refractivity contribution in [2.75, 3.05) is 0 Å². The first kappa shape index (κ1) is 12.4. The Morgan fingerprint density at radius 2 is 1.61 bits per heavy atom. The van der Waals surface area contributed by atoms with E-state index < -0.39 is 0 Å². The Hall–Kier alpha value is -2.09. The number of rotatable bonds is 3. The summed E-state index contributed by atoms with van der Waals surface area (Å²) < 4.78 is 0. The van der Waals surface area contributed by atoms with Crippen molar-refractivity contribution in [1.82, 2.24) is 0 Å². The van der Waals surface area contributed by atoms with Crippen molar-refractivity contribution in [3.8, 4) is 5.75 Å². The normalized spacial score (nSPS) is 10.6. The number of phenols is 1. The maximum absolute atomic E-state index is 12.4. The maximum Gasteiger partial charge on any atom is 0.193 e. The SMILES string of the molecule is CC(C)c1ccccc1C(=O)c1ccc(O)cc1. The molecule has 18 heavy (non-hydrogen) atoms. The number of carbonyl (C=O) groups is 1. The first-order chi connectivity index (χ1) is 8.59. The zero-order chi connectivity index (χ0) is 13.1. The predicted octanol–water partition coefficient (Wildman–Crippen LogP) is 3.75. The van der Waals surface area contributed by atoms with Crippen LogP contribution in [0.4, 0.5) is 0 Å². The van der Waals surface area contributed by atoms with Crippen LogP contribution in [0.1, 0.15) is 41.3 Å². The number of ketones is 1. The lowest BCUT2D eigenvalue weighted by Crippen LogP contribution is -2.06. The van der Waals surface area contributed by atoms with Gasteiger partial charge in [0.25, 0.3) is 0 Å². The van der Waals surface area contributed by atoms with Gasteiger partial charge in [0.15, 0.2) is 5.78 Å². The fourth-order valence-electron chi connectivity index (χ4n) is 1.98. The molecule has 0 aliphatic rings. The van der Waals surface area contributed by atoms with Crippen molar-refractivity contribution >= 4 is 5.78 Å². The highest BCUT2D eigenvalue weighted by Gasteiger charge is 2.14. The first-order valence-corrected chi connectivity index (χ1v) is 6.02. The molecular weight excluding hydrogens is 224 g/mol. The van der Waals surface area contributed by atoms with Gasteiger partial charge >= 0.3 is 0 Å². The van der Waals surface area contributed by atoms with E-state index in [2.05, 4.69) is 13.8 Å². The minimum absolute atomic E-state index is 0.000648. The number of aromatic hydroxyl groups is 1. The summed E-state index contributed by atoms with van der Waals surface area (Å²) in [6.07, 6.45) is 0. The highest BCUT2D eigenvalue weighted by molar-refractivity contribution is 6.10. The van der Waals surface area contributed by atoms with Crippen LogP contribution < -0.4 is 0 Å². The van der Waals surface area contributed by atoms with E-state index in [0.29, 0.717) is 11.5 Å². The van der Waals surface area contributed by atoms with Gasteiger partial charge in [-0.1, -0.05) is 38.1 Å². The van der Waals surface area contributed by atoms with Crippen molar-refractivity contribution in [2.45, 2.75) is 19.8 Å². The summed E-state index contributed by atoms with van der Waals surface area (Å²) in [4.78, 5) is 12.4. The quantitative estimate of drug-likeness (QED) is 0.830. The first-order valence-electron chi connectivity index (χ1n) is 6.02. The summed E-state index contributed by atoms with van der Waals surface area (Å²) >= 11 is 0. The minimum Gasteiger partial charge on any atom is -0.508 e. The maximum atomic E-state index is 12.4. The highest BCUT2D eigenvalue weighted by Crippen LogP contribution is 2.22. The van der Waals surface area contributed by atoms with Gasteiger partial charge in [-0.2, -0.15) is 0 Å². The summed E-state index contributed by atoms with van der Waals surface area (Å²) in [5.41, 5.74) is 2.38. The fourth-order valence-corrected chi connectivity index (χ4v) is 1.98. The van der Waals surface area contributed by atoms with Gasteiger partial charge in [-0.25, -0.2) is 0 Å². The van der Waals surface area contributed by atoms with E-state index >= 15 is 0 Å².